The monoisotopic (exact) mass is 461 g/mol. The number of phenols is 1. The molecule has 0 fully saturated rings. The molecule has 0 radical (unpaired) electrons. The van der Waals surface area contributed by atoms with Crippen molar-refractivity contribution in [3.8, 4) is 28.7 Å². The molecule has 0 saturated heterocycles. The molecule has 3 aromatic rings. The van der Waals surface area contributed by atoms with E-state index in [1.807, 2.05) is 42.5 Å². The van der Waals surface area contributed by atoms with E-state index in [-0.39, 0.29) is 23.7 Å². The van der Waals surface area contributed by atoms with Crippen LogP contribution in [0, 0.1) is 0 Å². The van der Waals surface area contributed by atoms with E-state index in [4.69, 9.17) is 18.9 Å². The van der Waals surface area contributed by atoms with Crippen LogP contribution in [-0.4, -0.2) is 45.5 Å². The molecule has 0 aliphatic carbocycles. The first-order valence-corrected chi connectivity index (χ1v) is 10.5. The Morgan fingerprint density at radius 3 is 1.97 bits per heavy atom. The number of Topliss-reactive ketones (excluding diaryl/α,β-unsaturated/α-hetero) is 1. The molecular weight excluding hydrogens is 434 g/mol. The second kappa shape index (κ2) is 11.6. The predicted octanol–water partition coefficient (Wildman–Crippen LogP) is 5.57. The third-order valence-corrected chi connectivity index (χ3v) is 5.03. The van der Waals surface area contributed by atoms with Gasteiger partial charge in [-0.1, -0.05) is 42.5 Å². The van der Waals surface area contributed by atoms with Gasteiger partial charge < -0.3 is 24.1 Å². The lowest BCUT2D eigenvalue weighted by Crippen LogP contribution is -1.98. The molecule has 7 heteroatoms. The van der Waals surface area contributed by atoms with Gasteiger partial charge in [-0.15, -0.1) is 0 Å². The van der Waals surface area contributed by atoms with E-state index in [2.05, 4.69) is 4.99 Å². The molecule has 0 aliphatic rings. The zero-order valence-corrected chi connectivity index (χ0v) is 19.6. The number of rotatable bonds is 10. The van der Waals surface area contributed by atoms with Crippen molar-refractivity contribution in [1.82, 2.24) is 0 Å². The molecule has 3 aromatic carbocycles. The maximum absolute atomic E-state index is 12.3. The summed E-state index contributed by atoms with van der Waals surface area (Å²) in [4.78, 5) is 16.7. The van der Waals surface area contributed by atoms with Gasteiger partial charge in [-0.2, -0.15) is 0 Å². The molecular formula is C27H27NO6. The van der Waals surface area contributed by atoms with Crippen LogP contribution in [-0.2, 0) is 0 Å². The van der Waals surface area contributed by atoms with Gasteiger partial charge in [0.25, 0.3) is 0 Å². The van der Waals surface area contributed by atoms with E-state index >= 15 is 0 Å². The van der Waals surface area contributed by atoms with E-state index in [0.717, 1.165) is 5.56 Å². The van der Waals surface area contributed by atoms with Crippen LogP contribution in [0.5, 0.6) is 28.7 Å². The van der Waals surface area contributed by atoms with E-state index in [9.17, 15) is 9.90 Å². The average molecular weight is 462 g/mol. The quantitative estimate of drug-likeness (QED) is 0.241. The number of benzene rings is 3. The minimum Gasteiger partial charge on any atom is -0.504 e. The largest absolute Gasteiger partial charge is 0.504 e. The predicted molar refractivity (Wildman–Crippen MR) is 133 cm³/mol. The number of carbonyl (C=O) groups is 1. The first-order chi connectivity index (χ1) is 16.5. The van der Waals surface area contributed by atoms with E-state index in [0.29, 0.717) is 34.1 Å². The van der Waals surface area contributed by atoms with Crippen molar-refractivity contribution in [2.45, 2.75) is 6.42 Å². The Balaban J connectivity index is 1.86. The maximum Gasteiger partial charge on any atom is 0.203 e. The number of ketones is 1. The topological polar surface area (TPSA) is 86.6 Å². The van der Waals surface area contributed by atoms with Gasteiger partial charge in [-0.05, 0) is 35.4 Å². The number of methoxy groups -OCH3 is 4. The van der Waals surface area contributed by atoms with Gasteiger partial charge in [0.15, 0.2) is 28.8 Å². The van der Waals surface area contributed by atoms with Crippen molar-refractivity contribution < 1.29 is 28.8 Å². The Labute approximate surface area is 198 Å². The normalized spacial score (nSPS) is 11.1. The fourth-order valence-electron chi connectivity index (χ4n) is 3.38. The highest BCUT2D eigenvalue weighted by atomic mass is 16.5. The van der Waals surface area contributed by atoms with E-state index < -0.39 is 0 Å². The Morgan fingerprint density at radius 1 is 0.824 bits per heavy atom. The molecule has 176 valence electrons. The van der Waals surface area contributed by atoms with Gasteiger partial charge in [0, 0.05) is 18.2 Å². The van der Waals surface area contributed by atoms with Crippen molar-refractivity contribution in [3.63, 3.8) is 0 Å². The summed E-state index contributed by atoms with van der Waals surface area (Å²) in [7, 11) is 6.11. The molecule has 3 rings (SSSR count). The van der Waals surface area contributed by atoms with E-state index in [1.165, 1.54) is 13.3 Å². The average Bonchev–Trinajstić information content (AvgIpc) is 2.87. The molecule has 1 N–H and O–H groups in total. The molecule has 0 spiro atoms. The molecule has 0 aromatic heterocycles. The fraction of sp³-hybridized carbons (Fsp3) is 0.185. The summed E-state index contributed by atoms with van der Waals surface area (Å²) < 4.78 is 21.4. The second-order valence-corrected chi connectivity index (χ2v) is 7.19. The number of hydrogen-bond donors (Lipinski definition) is 1. The summed E-state index contributed by atoms with van der Waals surface area (Å²) in [5.41, 5.74) is 2.52. The van der Waals surface area contributed by atoms with Crippen molar-refractivity contribution in [2.75, 3.05) is 28.4 Å². The number of aromatic hydroxyl groups is 1. The van der Waals surface area contributed by atoms with Crippen LogP contribution in [0.2, 0.25) is 0 Å². The number of nitrogens with zero attached hydrogens (tertiary/aromatic N) is 1. The van der Waals surface area contributed by atoms with Crippen molar-refractivity contribution >= 4 is 29.8 Å². The van der Waals surface area contributed by atoms with Crippen LogP contribution in [0.15, 0.2) is 59.6 Å². The third-order valence-electron chi connectivity index (χ3n) is 5.03. The van der Waals surface area contributed by atoms with Gasteiger partial charge >= 0.3 is 0 Å². The zero-order chi connectivity index (χ0) is 24.5. The number of phenolic OH excluding ortho intramolecular Hbond substituents is 1. The molecule has 0 aliphatic heterocycles. The summed E-state index contributed by atoms with van der Waals surface area (Å²) in [6.07, 6.45) is 5.30. The Kier molecular flexibility index (Phi) is 8.29. The van der Waals surface area contributed by atoms with Crippen LogP contribution in [0.4, 0.5) is 5.69 Å². The molecule has 0 amide bonds. The highest BCUT2D eigenvalue weighted by Gasteiger charge is 2.13. The molecule has 34 heavy (non-hydrogen) atoms. The number of aliphatic imine (C=N–C) groups is 1. The maximum atomic E-state index is 12.3. The first-order valence-electron chi connectivity index (χ1n) is 10.5. The Bertz CT molecular complexity index is 1180. The smallest absolute Gasteiger partial charge is 0.203 e. The van der Waals surface area contributed by atoms with Gasteiger partial charge in [-0.25, -0.2) is 0 Å². The molecule has 0 heterocycles. The molecule has 7 nitrogen and oxygen atoms in total. The molecule has 0 saturated carbocycles. The summed E-state index contributed by atoms with van der Waals surface area (Å²) in [5, 5.41) is 10.4. The first kappa shape index (κ1) is 24.4. The zero-order valence-electron chi connectivity index (χ0n) is 19.6. The highest BCUT2D eigenvalue weighted by Crippen LogP contribution is 2.40. The molecule has 0 bridgehead atoms. The minimum atomic E-state index is -0.0592. The Hall–Kier alpha value is -4.26. The van der Waals surface area contributed by atoms with Crippen molar-refractivity contribution in [1.29, 1.82) is 0 Å². The van der Waals surface area contributed by atoms with Crippen LogP contribution in [0.3, 0.4) is 0 Å². The van der Waals surface area contributed by atoms with Crippen LogP contribution >= 0.6 is 0 Å². The molecule has 0 atom stereocenters. The number of hydrogen-bond acceptors (Lipinski definition) is 7. The van der Waals surface area contributed by atoms with Crippen LogP contribution in [0.25, 0.3) is 12.2 Å². The summed E-state index contributed by atoms with van der Waals surface area (Å²) in [6.45, 7) is 0. The van der Waals surface area contributed by atoms with Gasteiger partial charge in [0.05, 0.1) is 28.4 Å². The lowest BCUT2D eigenvalue weighted by molar-refractivity contribution is 0.100. The lowest BCUT2D eigenvalue weighted by Gasteiger charge is -2.13. The summed E-state index contributed by atoms with van der Waals surface area (Å²) >= 11 is 0. The van der Waals surface area contributed by atoms with Crippen LogP contribution in [0.1, 0.15) is 27.9 Å². The number of carbonyl (C=O) groups excluding carboxylic acids is 1. The summed E-state index contributed by atoms with van der Waals surface area (Å²) in [6, 6.07) is 16.0. The molecule has 0 unspecified atom stereocenters. The van der Waals surface area contributed by atoms with Gasteiger partial charge in [0.2, 0.25) is 5.75 Å². The summed E-state index contributed by atoms with van der Waals surface area (Å²) in [5.74, 6) is 1.70. The van der Waals surface area contributed by atoms with Crippen molar-refractivity contribution in [2.24, 2.45) is 4.99 Å². The third kappa shape index (κ3) is 5.75. The standard InChI is InChI=1S/C27H27NO6/c1-31-24-16-19(17-25(32-2)27(24)34-4)11-10-18-14-21(26(33-3)23(30)15-18)28-13-12-22(29)20-8-6-5-7-9-20/h5-11,13-17,30H,12H2,1-4H3/b11-10-,28-13?. The van der Waals surface area contributed by atoms with Crippen molar-refractivity contribution in [3.05, 3.63) is 71.3 Å². The van der Waals surface area contributed by atoms with E-state index in [1.54, 1.807) is 45.6 Å². The second-order valence-electron chi connectivity index (χ2n) is 7.19. The highest BCUT2D eigenvalue weighted by molar-refractivity contribution is 6.04. The van der Waals surface area contributed by atoms with Gasteiger partial charge in [-0.3, -0.25) is 9.79 Å². The van der Waals surface area contributed by atoms with Gasteiger partial charge in [0.1, 0.15) is 5.69 Å². The minimum absolute atomic E-state index is 0.0500. The lowest BCUT2D eigenvalue weighted by atomic mass is 10.1. The Morgan fingerprint density at radius 2 is 1.41 bits per heavy atom. The number of ether oxygens (including phenoxy) is 4. The van der Waals surface area contributed by atoms with Crippen LogP contribution < -0.4 is 18.9 Å². The fourth-order valence-corrected chi connectivity index (χ4v) is 3.38. The SMILES string of the molecule is COc1cc(/C=C\c2cc(O)c(OC)c(N=CCC(=O)c3ccccc3)c2)cc(OC)c1OC.